The van der Waals surface area contributed by atoms with Gasteiger partial charge in [0.2, 0.25) is 5.95 Å². The van der Waals surface area contributed by atoms with Crippen LogP contribution in [0.2, 0.25) is 0 Å². The van der Waals surface area contributed by atoms with Crippen molar-refractivity contribution in [1.29, 1.82) is 0 Å². The topological polar surface area (TPSA) is 72.1 Å². The number of nitrogens with one attached hydrogen (secondary N) is 2. The van der Waals surface area contributed by atoms with E-state index in [0.717, 1.165) is 27.3 Å². The maximum Gasteiger partial charge on any atom is 0.205 e. The normalized spacial score (nSPS) is 10.8. The fourth-order valence-electron chi connectivity index (χ4n) is 2.62. The molecule has 25 heavy (non-hydrogen) atoms. The second-order valence-corrected chi connectivity index (χ2v) is 6.24. The lowest BCUT2D eigenvalue weighted by molar-refractivity contribution is 0.355. The predicted octanol–water partition coefficient (Wildman–Crippen LogP) is 4.45. The van der Waals surface area contributed by atoms with Gasteiger partial charge in [-0.15, -0.1) is 11.3 Å². The van der Waals surface area contributed by atoms with Crippen LogP contribution in [0.25, 0.3) is 21.6 Å². The molecule has 4 rings (SSSR count). The Hall–Kier alpha value is -3.06. The summed E-state index contributed by atoms with van der Waals surface area (Å²) < 4.78 is 10.6. The Bertz CT molecular complexity index is 1010. The van der Waals surface area contributed by atoms with E-state index in [0.29, 0.717) is 17.4 Å². The molecule has 2 N–H and O–H groups in total. The van der Waals surface area contributed by atoms with Gasteiger partial charge in [-0.3, -0.25) is 0 Å². The Balaban J connectivity index is 1.64. The average molecular weight is 352 g/mol. The number of anilines is 2. The second-order valence-electron chi connectivity index (χ2n) is 5.35. The summed E-state index contributed by atoms with van der Waals surface area (Å²) in [5.74, 6) is 2.01. The van der Waals surface area contributed by atoms with Gasteiger partial charge in [0.1, 0.15) is 5.01 Å². The van der Waals surface area contributed by atoms with Crippen molar-refractivity contribution in [3.63, 3.8) is 0 Å². The molecule has 0 aliphatic heterocycles. The zero-order valence-corrected chi connectivity index (χ0v) is 14.6. The van der Waals surface area contributed by atoms with E-state index in [4.69, 9.17) is 9.47 Å². The van der Waals surface area contributed by atoms with Gasteiger partial charge < -0.3 is 19.8 Å². The fraction of sp³-hybridized carbons (Fsp3) is 0.111. The molecule has 0 fully saturated rings. The standard InChI is InChI=1S/C18H16N4O2S/c1-23-15-6-4-12(10-16(15)24-2)20-18-21-13-5-3-11(9-14(13)22-18)17-19-7-8-25-17/h3-10H,1-2H3,(H2,20,21,22). The summed E-state index contributed by atoms with van der Waals surface area (Å²) in [7, 11) is 3.23. The minimum atomic E-state index is 0.662. The molecule has 0 saturated heterocycles. The van der Waals surface area contributed by atoms with E-state index >= 15 is 0 Å². The summed E-state index contributed by atoms with van der Waals surface area (Å²) >= 11 is 1.61. The molecule has 7 heteroatoms. The minimum absolute atomic E-state index is 0.662. The molecule has 2 heterocycles. The lowest BCUT2D eigenvalue weighted by Crippen LogP contribution is -1.95. The summed E-state index contributed by atoms with van der Waals surface area (Å²) in [6.45, 7) is 0. The molecule has 6 nitrogen and oxygen atoms in total. The van der Waals surface area contributed by atoms with E-state index in [1.165, 1.54) is 0 Å². The Labute approximate surface area is 148 Å². The number of imidazole rings is 1. The van der Waals surface area contributed by atoms with Crippen LogP contribution >= 0.6 is 11.3 Å². The van der Waals surface area contributed by atoms with E-state index in [1.54, 1.807) is 31.8 Å². The number of methoxy groups -OCH3 is 2. The number of H-pyrrole nitrogens is 1. The molecule has 0 unspecified atom stereocenters. The first kappa shape index (κ1) is 15.5. The van der Waals surface area contributed by atoms with Crippen LogP contribution in [0, 0.1) is 0 Å². The van der Waals surface area contributed by atoms with Gasteiger partial charge in [-0.2, -0.15) is 0 Å². The summed E-state index contributed by atoms with van der Waals surface area (Å²) in [6, 6.07) is 11.7. The molecule has 0 aliphatic carbocycles. The Morgan fingerprint density at radius 2 is 1.92 bits per heavy atom. The van der Waals surface area contributed by atoms with E-state index in [9.17, 15) is 0 Å². The number of aromatic amines is 1. The summed E-state index contributed by atoms with van der Waals surface area (Å²) in [5.41, 5.74) is 3.78. The van der Waals surface area contributed by atoms with Gasteiger partial charge >= 0.3 is 0 Å². The van der Waals surface area contributed by atoms with Crippen LogP contribution in [0.5, 0.6) is 11.5 Å². The van der Waals surface area contributed by atoms with Crippen molar-refractivity contribution in [3.8, 4) is 22.1 Å². The molecule has 0 atom stereocenters. The molecule has 2 aromatic heterocycles. The minimum Gasteiger partial charge on any atom is -0.493 e. The molecule has 2 aromatic carbocycles. The summed E-state index contributed by atoms with van der Waals surface area (Å²) in [5, 5.41) is 6.22. The van der Waals surface area contributed by atoms with Gasteiger partial charge in [0.25, 0.3) is 0 Å². The fourth-order valence-corrected chi connectivity index (χ4v) is 3.25. The van der Waals surface area contributed by atoms with Crippen LogP contribution in [0.15, 0.2) is 48.0 Å². The highest BCUT2D eigenvalue weighted by Crippen LogP contribution is 2.31. The molecule has 0 bridgehead atoms. The number of nitrogens with zero attached hydrogens (tertiary/aromatic N) is 2. The number of rotatable bonds is 5. The maximum atomic E-state index is 5.33. The Morgan fingerprint density at radius 3 is 2.68 bits per heavy atom. The van der Waals surface area contributed by atoms with Gasteiger partial charge in [0.15, 0.2) is 11.5 Å². The average Bonchev–Trinajstić information content (AvgIpc) is 3.30. The molecule has 0 aliphatic rings. The molecule has 0 saturated carbocycles. The van der Waals surface area contributed by atoms with Crippen LogP contribution < -0.4 is 14.8 Å². The lowest BCUT2D eigenvalue weighted by atomic mass is 10.2. The van der Waals surface area contributed by atoms with Crippen LogP contribution in [-0.4, -0.2) is 29.2 Å². The quantitative estimate of drug-likeness (QED) is 0.555. The number of thiazole rings is 1. The summed E-state index contributed by atoms with van der Waals surface area (Å²) in [6.07, 6.45) is 1.81. The van der Waals surface area contributed by atoms with Crippen molar-refractivity contribution in [3.05, 3.63) is 48.0 Å². The molecular formula is C18H16N4O2S. The van der Waals surface area contributed by atoms with Gasteiger partial charge in [-0.05, 0) is 30.3 Å². The predicted molar refractivity (Wildman–Crippen MR) is 100 cm³/mol. The third kappa shape index (κ3) is 3.01. The number of hydrogen-bond acceptors (Lipinski definition) is 6. The molecule has 126 valence electrons. The highest BCUT2D eigenvalue weighted by Gasteiger charge is 2.09. The van der Waals surface area contributed by atoms with Crippen molar-refractivity contribution >= 4 is 34.0 Å². The van der Waals surface area contributed by atoms with Gasteiger partial charge in [-0.25, -0.2) is 9.97 Å². The van der Waals surface area contributed by atoms with Crippen LogP contribution in [-0.2, 0) is 0 Å². The Morgan fingerprint density at radius 1 is 1.04 bits per heavy atom. The van der Waals surface area contributed by atoms with Crippen molar-refractivity contribution in [2.24, 2.45) is 0 Å². The number of fused-ring (bicyclic) bond motifs is 1. The van der Waals surface area contributed by atoms with E-state index < -0.39 is 0 Å². The largest absolute Gasteiger partial charge is 0.493 e. The number of aromatic nitrogens is 3. The number of hydrogen-bond donors (Lipinski definition) is 2. The third-order valence-corrected chi connectivity index (χ3v) is 4.63. The lowest BCUT2D eigenvalue weighted by Gasteiger charge is -2.09. The SMILES string of the molecule is COc1ccc(Nc2nc3ccc(-c4nccs4)cc3[nH]2)cc1OC. The number of benzene rings is 2. The molecule has 0 amide bonds. The van der Waals surface area contributed by atoms with Crippen LogP contribution in [0.4, 0.5) is 11.6 Å². The first-order valence-corrected chi connectivity index (χ1v) is 8.53. The second kappa shape index (κ2) is 6.45. The zero-order chi connectivity index (χ0) is 17.2. The van der Waals surface area contributed by atoms with Crippen molar-refractivity contribution < 1.29 is 9.47 Å². The highest BCUT2D eigenvalue weighted by atomic mass is 32.1. The van der Waals surface area contributed by atoms with E-state index in [1.807, 2.05) is 35.7 Å². The monoisotopic (exact) mass is 352 g/mol. The van der Waals surface area contributed by atoms with Gasteiger partial charge in [0, 0.05) is 28.9 Å². The van der Waals surface area contributed by atoms with Crippen molar-refractivity contribution in [2.45, 2.75) is 0 Å². The van der Waals surface area contributed by atoms with Crippen LogP contribution in [0.1, 0.15) is 0 Å². The van der Waals surface area contributed by atoms with Gasteiger partial charge in [-0.1, -0.05) is 0 Å². The maximum absolute atomic E-state index is 5.33. The van der Waals surface area contributed by atoms with E-state index in [2.05, 4.69) is 26.3 Å². The van der Waals surface area contributed by atoms with Crippen molar-refractivity contribution in [1.82, 2.24) is 15.0 Å². The van der Waals surface area contributed by atoms with Gasteiger partial charge in [0.05, 0.1) is 25.3 Å². The molecule has 4 aromatic rings. The smallest absolute Gasteiger partial charge is 0.205 e. The third-order valence-electron chi connectivity index (χ3n) is 3.81. The van der Waals surface area contributed by atoms with Crippen LogP contribution in [0.3, 0.4) is 0 Å². The first-order valence-electron chi connectivity index (χ1n) is 7.65. The molecule has 0 spiro atoms. The van der Waals surface area contributed by atoms with Crippen molar-refractivity contribution in [2.75, 3.05) is 19.5 Å². The molecular weight excluding hydrogens is 336 g/mol. The number of ether oxygens (including phenoxy) is 2. The Kier molecular flexibility index (Phi) is 3.99. The first-order chi connectivity index (χ1) is 12.3. The molecule has 0 radical (unpaired) electrons. The zero-order valence-electron chi connectivity index (χ0n) is 13.7. The van der Waals surface area contributed by atoms with E-state index in [-0.39, 0.29) is 0 Å². The highest BCUT2D eigenvalue weighted by molar-refractivity contribution is 7.13. The summed E-state index contributed by atoms with van der Waals surface area (Å²) in [4.78, 5) is 12.2.